The van der Waals surface area contributed by atoms with Crippen molar-refractivity contribution >= 4 is 43.3 Å². The van der Waals surface area contributed by atoms with Crippen LogP contribution in [0.25, 0.3) is 43.3 Å². The molecule has 33 heavy (non-hydrogen) atoms. The summed E-state index contributed by atoms with van der Waals surface area (Å²) >= 11 is 0. The van der Waals surface area contributed by atoms with Gasteiger partial charge in [-0.25, -0.2) is 0 Å². The first-order valence-corrected chi connectivity index (χ1v) is 13.1. The molecular formula is C32H36O. The Balaban J connectivity index is 1.26. The summed E-state index contributed by atoms with van der Waals surface area (Å²) in [6.07, 6.45) is 14.7. The van der Waals surface area contributed by atoms with E-state index in [1.54, 1.807) is 0 Å². The molecule has 0 unspecified atom stereocenters. The summed E-state index contributed by atoms with van der Waals surface area (Å²) in [6.45, 7) is 2.29. The van der Waals surface area contributed by atoms with Crippen LogP contribution in [0, 0.1) is 0 Å². The third kappa shape index (κ3) is 4.93. The second-order valence-corrected chi connectivity index (χ2v) is 9.70. The topological polar surface area (TPSA) is 13.1 Å². The molecule has 0 atom stereocenters. The van der Waals surface area contributed by atoms with Crippen LogP contribution >= 0.6 is 0 Å². The fraction of sp³-hybridized carbons (Fsp3) is 0.375. The second-order valence-electron chi connectivity index (χ2n) is 9.70. The molecule has 4 aromatic carbocycles. The van der Waals surface area contributed by atoms with E-state index < -0.39 is 0 Å². The SMILES string of the molecule is CCCCCCCCCCCCc1cc2c(ccc3c4cc5ccccc5cc4ccc23)o1. The van der Waals surface area contributed by atoms with Gasteiger partial charge in [0.2, 0.25) is 0 Å². The molecule has 0 N–H and O–H groups in total. The third-order valence-electron chi connectivity index (χ3n) is 7.21. The number of aryl methyl sites for hydroxylation is 1. The van der Waals surface area contributed by atoms with Crippen LogP contribution in [0.5, 0.6) is 0 Å². The van der Waals surface area contributed by atoms with Crippen molar-refractivity contribution in [1.29, 1.82) is 0 Å². The molecule has 1 nitrogen and oxygen atoms in total. The van der Waals surface area contributed by atoms with Crippen molar-refractivity contribution in [2.45, 2.75) is 77.6 Å². The van der Waals surface area contributed by atoms with Gasteiger partial charge in [-0.3, -0.25) is 0 Å². The van der Waals surface area contributed by atoms with E-state index in [9.17, 15) is 0 Å². The standard InChI is InChI=1S/C32H36O/c1-2-3-4-5-6-7-8-9-10-11-16-27-23-31-29-18-17-26-21-24-14-12-13-15-25(24)22-30(26)28(29)19-20-32(31)33-27/h12-15,17-23H,2-11,16H2,1H3. The largest absolute Gasteiger partial charge is 0.461 e. The first-order chi connectivity index (χ1) is 16.3. The fourth-order valence-corrected chi connectivity index (χ4v) is 5.31. The van der Waals surface area contributed by atoms with Crippen LogP contribution in [0.2, 0.25) is 0 Å². The maximum Gasteiger partial charge on any atom is 0.134 e. The molecule has 0 amide bonds. The van der Waals surface area contributed by atoms with E-state index in [1.165, 1.54) is 102 Å². The van der Waals surface area contributed by atoms with Crippen LogP contribution in [-0.4, -0.2) is 0 Å². The maximum atomic E-state index is 6.24. The van der Waals surface area contributed by atoms with E-state index in [4.69, 9.17) is 4.42 Å². The van der Waals surface area contributed by atoms with Crippen LogP contribution in [0.1, 0.15) is 76.9 Å². The van der Waals surface area contributed by atoms with E-state index in [1.807, 2.05) is 0 Å². The highest BCUT2D eigenvalue weighted by Gasteiger charge is 2.10. The van der Waals surface area contributed by atoms with Gasteiger partial charge < -0.3 is 4.42 Å². The van der Waals surface area contributed by atoms with E-state index >= 15 is 0 Å². The van der Waals surface area contributed by atoms with Crippen LogP contribution in [-0.2, 0) is 6.42 Å². The summed E-state index contributed by atoms with van der Waals surface area (Å²) in [5, 5.41) is 9.09. The molecule has 5 aromatic rings. The lowest BCUT2D eigenvalue weighted by Crippen LogP contribution is -1.84. The number of hydrogen-bond acceptors (Lipinski definition) is 1. The summed E-state index contributed by atoms with van der Waals surface area (Å²) in [7, 11) is 0. The Morgan fingerprint density at radius 2 is 1.15 bits per heavy atom. The summed E-state index contributed by atoms with van der Waals surface area (Å²) < 4.78 is 6.24. The van der Waals surface area contributed by atoms with Crippen LogP contribution in [0.4, 0.5) is 0 Å². The smallest absolute Gasteiger partial charge is 0.134 e. The Labute approximate surface area is 197 Å². The Bertz CT molecular complexity index is 1360. The molecule has 5 rings (SSSR count). The minimum Gasteiger partial charge on any atom is -0.461 e. The molecule has 1 aromatic heterocycles. The number of rotatable bonds is 11. The Morgan fingerprint density at radius 3 is 1.91 bits per heavy atom. The van der Waals surface area contributed by atoms with Crippen molar-refractivity contribution in [2.24, 2.45) is 0 Å². The summed E-state index contributed by atoms with van der Waals surface area (Å²) in [6, 6.07) is 24.5. The number of benzene rings is 4. The van der Waals surface area contributed by atoms with Gasteiger partial charge in [-0.15, -0.1) is 0 Å². The van der Waals surface area contributed by atoms with Gasteiger partial charge in [0.15, 0.2) is 0 Å². The van der Waals surface area contributed by atoms with Gasteiger partial charge in [0, 0.05) is 11.8 Å². The summed E-state index contributed by atoms with van der Waals surface area (Å²) in [5.74, 6) is 1.13. The summed E-state index contributed by atoms with van der Waals surface area (Å²) in [4.78, 5) is 0. The lowest BCUT2D eigenvalue weighted by molar-refractivity contribution is 0.515. The van der Waals surface area contributed by atoms with E-state index in [2.05, 4.69) is 73.7 Å². The molecule has 0 saturated carbocycles. The van der Waals surface area contributed by atoms with E-state index in [0.717, 1.165) is 17.8 Å². The number of unbranched alkanes of at least 4 members (excludes halogenated alkanes) is 9. The van der Waals surface area contributed by atoms with Crippen LogP contribution in [0.3, 0.4) is 0 Å². The maximum absolute atomic E-state index is 6.24. The average Bonchev–Trinajstić information content (AvgIpc) is 3.27. The quantitative estimate of drug-likeness (QED) is 0.114. The van der Waals surface area contributed by atoms with Crippen molar-refractivity contribution in [3.63, 3.8) is 0 Å². The van der Waals surface area contributed by atoms with Crippen LogP contribution in [0.15, 0.2) is 71.1 Å². The predicted molar refractivity (Wildman–Crippen MR) is 144 cm³/mol. The van der Waals surface area contributed by atoms with E-state index in [0.29, 0.717) is 0 Å². The minimum atomic E-state index is 1.02. The highest BCUT2D eigenvalue weighted by atomic mass is 16.3. The molecule has 0 bridgehead atoms. The molecule has 0 aliphatic rings. The zero-order chi connectivity index (χ0) is 22.5. The molecular weight excluding hydrogens is 400 g/mol. The molecule has 1 heteroatoms. The van der Waals surface area contributed by atoms with Gasteiger partial charge in [0.1, 0.15) is 11.3 Å². The van der Waals surface area contributed by atoms with Gasteiger partial charge in [0.25, 0.3) is 0 Å². The van der Waals surface area contributed by atoms with Crippen molar-refractivity contribution in [3.8, 4) is 0 Å². The first kappa shape index (κ1) is 22.0. The monoisotopic (exact) mass is 436 g/mol. The van der Waals surface area contributed by atoms with Crippen LogP contribution < -0.4 is 0 Å². The molecule has 0 radical (unpaired) electrons. The minimum absolute atomic E-state index is 1.02. The van der Waals surface area contributed by atoms with Crippen molar-refractivity contribution in [1.82, 2.24) is 0 Å². The zero-order valence-electron chi connectivity index (χ0n) is 20.0. The molecule has 0 spiro atoms. The Kier molecular flexibility index (Phi) is 6.95. The van der Waals surface area contributed by atoms with Crippen molar-refractivity contribution < 1.29 is 4.42 Å². The Hall–Kier alpha value is -2.80. The third-order valence-corrected chi connectivity index (χ3v) is 7.21. The van der Waals surface area contributed by atoms with Gasteiger partial charge in [-0.1, -0.05) is 107 Å². The van der Waals surface area contributed by atoms with Gasteiger partial charge in [0.05, 0.1) is 0 Å². The highest BCUT2D eigenvalue weighted by molar-refractivity contribution is 6.18. The average molecular weight is 437 g/mol. The molecule has 0 aliphatic carbocycles. The molecule has 0 aliphatic heterocycles. The molecule has 0 saturated heterocycles. The van der Waals surface area contributed by atoms with Gasteiger partial charge >= 0.3 is 0 Å². The Morgan fingerprint density at radius 1 is 0.515 bits per heavy atom. The van der Waals surface area contributed by atoms with Crippen molar-refractivity contribution in [3.05, 3.63) is 72.5 Å². The lowest BCUT2D eigenvalue weighted by Gasteiger charge is -2.07. The van der Waals surface area contributed by atoms with Gasteiger partial charge in [-0.05, 0) is 63.0 Å². The molecule has 0 fully saturated rings. The predicted octanol–water partition coefficient (Wildman–Crippen LogP) is 10.4. The normalized spacial score (nSPS) is 11.9. The fourth-order valence-electron chi connectivity index (χ4n) is 5.31. The lowest BCUT2D eigenvalue weighted by atomic mass is 9.97. The first-order valence-electron chi connectivity index (χ1n) is 13.1. The summed E-state index contributed by atoms with van der Waals surface area (Å²) in [5.41, 5.74) is 1.02. The van der Waals surface area contributed by atoms with E-state index in [-0.39, 0.29) is 0 Å². The molecule has 1 heterocycles. The highest BCUT2D eigenvalue weighted by Crippen LogP contribution is 2.35. The zero-order valence-corrected chi connectivity index (χ0v) is 20.0. The van der Waals surface area contributed by atoms with Gasteiger partial charge in [-0.2, -0.15) is 0 Å². The number of fused-ring (bicyclic) bond motifs is 6. The number of hydrogen-bond donors (Lipinski definition) is 0. The second kappa shape index (κ2) is 10.4. The number of furan rings is 1. The van der Waals surface area contributed by atoms with Crippen molar-refractivity contribution in [2.75, 3.05) is 0 Å². The molecule has 170 valence electrons.